The molecule has 5 nitrogen and oxygen atoms in total. The Morgan fingerprint density at radius 2 is 1.71 bits per heavy atom. The van der Waals surface area contributed by atoms with Gasteiger partial charge in [0.05, 0.1) is 18.5 Å². The third-order valence-corrected chi connectivity index (χ3v) is 1.56. The maximum absolute atomic E-state index is 10.3. The number of aromatic carboxylic acids is 1. The van der Waals surface area contributed by atoms with Gasteiger partial charge >= 0.3 is 0 Å². The van der Waals surface area contributed by atoms with Crippen molar-refractivity contribution in [2.24, 2.45) is 0 Å². The third-order valence-electron chi connectivity index (χ3n) is 1.56. The first-order valence-corrected chi connectivity index (χ1v) is 3.84. The molecule has 1 rings (SSSR count). The molecule has 0 radical (unpaired) electrons. The number of carboxylic acid groups (broad SMARTS) is 2. The molecule has 74 valence electrons. The molecule has 1 aromatic carbocycles. The lowest BCUT2D eigenvalue weighted by Crippen LogP contribution is -2.30. The highest BCUT2D eigenvalue weighted by Gasteiger charge is 1.94. The first-order valence-electron chi connectivity index (χ1n) is 3.84. The van der Waals surface area contributed by atoms with Crippen molar-refractivity contribution in [3.8, 4) is 0 Å². The lowest BCUT2D eigenvalue weighted by Gasteiger charge is -2.08. The van der Waals surface area contributed by atoms with E-state index in [4.69, 9.17) is 0 Å². The Bertz CT molecular complexity index is 344. The summed E-state index contributed by atoms with van der Waals surface area (Å²) in [6.45, 7) is -0.315. The molecule has 5 heteroatoms. The minimum atomic E-state index is -1.27. The fourth-order valence-electron chi connectivity index (χ4n) is 0.898. The van der Waals surface area contributed by atoms with Crippen LogP contribution in [-0.2, 0) is 4.79 Å². The van der Waals surface area contributed by atoms with E-state index < -0.39 is 11.9 Å². The number of hydrogen-bond acceptors (Lipinski definition) is 5. The van der Waals surface area contributed by atoms with Crippen LogP contribution in [0.1, 0.15) is 10.4 Å². The van der Waals surface area contributed by atoms with Gasteiger partial charge in [0.2, 0.25) is 0 Å². The molecule has 1 aromatic rings. The van der Waals surface area contributed by atoms with E-state index in [1.807, 2.05) is 0 Å². The smallest absolute Gasteiger partial charge is 0.0715 e. The van der Waals surface area contributed by atoms with Gasteiger partial charge < -0.3 is 25.1 Å². The van der Waals surface area contributed by atoms with Gasteiger partial charge in [-0.05, 0) is 17.7 Å². The number of carbonyl (C=O) groups excluding carboxylic acids is 2. The summed E-state index contributed by atoms with van der Waals surface area (Å²) in [6, 6.07) is 5.56. The second kappa shape index (κ2) is 4.27. The van der Waals surface area contributed by atoms with E-state index in [9.17, 15) is 19.8 Å². The molecular weight excluding hydrogens is 186 g/mol. The maximum atomic E-state index is 10.3. The highest BCUT2D eigenvalue weighted by Crippen LogP contribution is 2.08. The number of carbonyl (C=O) groups is 2. The van der Waals surface area contributed by atoms with Gasteiger partial charge in [0.1, 0.15) is 0 Å². The summed E-state index contributed by atoms with van der Waals surface area (Å²) < 4.78 is 0. The number of nitrogens with one attached hydrogen (secondary N) is 1. The Morgan fingerprint density at radius 3 is 2.14 bits per heavy atom. The summed E-state index contributed by atoms with van der Waals surface area (Å²) in [5.74, 6) is -2.49. The van der Waals surface area contributed by atoms with Crippen molar-refractivity contribution in [1.29, 1.82) is 0 Å². The molecule has 1 N–H and O–H groups in total. The minimum absolute atomic E-state index is 0.0454. The molecule has 14 heavy (non-hydrogen) atoms. The maximum Gasteiger partial charge on any atom is 0.0715 e. The van der Waals surface area contributed by atoms with E-state index in [1.165, 1.54) is 24.3 Å². The summed E-state index contributed by atoms with van der Waals surface area (Å²) in [7, 11) is 0. The van der Waals surface area contributed by atoms with E-state index in [-0.39, 0.29) is 12.1 Å². The average Bonchev–Trinajstić information content (AvgIpc) is 2.15. The number of hydrogen-bond donors (Lipinski definition) is 1. The van der Waals surface area contributed by atoms with Crippen LogP contribution in [0.4, 0.5) is 5.69 Å². The molecule has 0 unspecified atom stereocenters. The van der Waals surface area contributed by atoms with Crippen LogP contribution in [0, 0.1) is 0 Å². The van der Waals surface area contributed by atoms with Gasteiger partial charge in [0.15, 0.2) is 0 Å². The van der Waals surface area contributed by atoms with Crippen molar-refractivity contribution in [2.45, 2.75) is 0 Å². The van der Waals surface area contributed by atoms with Gasteiger partial charge in [-0.15, -0.1) is 0 Å². The predicted octanol–water partition coefficient (Wildman–Crippen LogP) is -1.79. The van der Waals surface area contributed by atoms with Crippen LogP contribution < -0.4 is 15.5 Å². The molecule has 0 aliphatic carbocycles. The summed E-state index contributed by atoms with van der Waals surface area (Å²) in [4.78, 5) is 20.4. The molecule has 0 atom stereocenters. The summed E-state index contributed by atoms with van der Waals surface area (Å²) in [5, 5.41) is 22.9. The second-order valence-electron chi connectivity index (χ2n) is 2.59. The molecule has 0 amide bonds. The van der Waals surface area contributed by atoms with Crippen LogP contribution >= 0.6 is 0 Å². The average molecular weight is 193 g/mol. The van der Waals surface area contributed by atoms with Crippen LogP contribution in [0.15, 0.2) is 24.3 Å². The van der Waals surface area contributed by atoms with E-state index in [0.717, 1.165) is 0 Å². The first kappa shape index (κ1) is 10.0. The molecule has 0 aliphatic heterocycles. The Labute approximate surface area is 80.0 Å². The van der Waals surface area contributed by atoms with Gasteiger partial charge in [-0.3, -0.25) is 0 Å². The Kier molecular flexibility index (Phi) is 3.06. The highest BCUT2D eigenvalue weighted by molar-refractivity contribution is 5.86. The monoisotopic (exact) mass is 193 g/mol. The van der Waals surface area contributed by atoms with Crippen molar-refractivity contribution in [2.75, 3.05) is 11.9 Å². The van der Waals surface area contributed by atoms with Gasteiger partial charge in [0.25, 0.3) is 0 Å². The molecule has 0 spiro atoms. The number of rotatable bonds is 4. The number of anilines is 1. The lowest BCUT2D eigenvalue weighted by atomic mass is 10.2. The molecule has 0 bridgehead atoms. The van der Waals surface area contributed by atoms with Crippen LogP contribution in [-0.4, -0.2) is 18.5 Å². The van der Waals surface area contributed by atoms with Gasteiger partial charge in [-0.2, -0.15) is 0 Å². The van der Waals surface area contributed by atoms with E-state index >= 15 is 0 Å². The fraction of sp³-hybridized carbons (Fsp3) is 0.111. The highest BCUT2D eigenvalue weighted by atomic mass is 16.4. The topological polar surface area (TPSA) is 92.3 Å². The summed E-state index contributed by atoms with van der Waals surface area (Å²) >= 11 is 0. The molecule has 0 saturated heterocycles. The van der Waals surface area contributed by atoms with Crippen LogP contribution in [0.5, 0.6) is 0 Å². The number of benzene rings is 1. The molecular formula is C9H7NO4-2. The van der Waals surface area contributed by atoms with E-state index in [0.29, 0.717) is 5.69 Å². The standard InChI is InChI=1S/C9H9NO4/c11-8(12)5-10-7-3-1-6(2-4-7)9(13)14/h1-4,10H,5H2,(H,11,12)(H,13,14)/p-2. The SMILES string of the molecule is O=C([O-])CNc1ccc(C(=O)[O-])cc1. The molecule has 0 fully saturated rings. The van der Waals surface area contributed by atoms with Gasteiger partial charge in [-0.25, -0.2) is 0 Å². The third kappa shape index (κ3) is 2.78. The van der Waals surface area contributed by atoms with Crippen molar-refractivity contribution in [3.05, 3.63) is 29.8 Å². The Hall–Kier alpha value is -2.04. The zero-order valence-electron chi connectivity index (χ0n) is 7.15. The van der Waals surface area contributed by atoms with Crippen LogP contribution in [0.2, 0.25) is 0 Å². The zero-order chi connectivity index (χ0) is 10.6. The molecule has 0 saturated carbocycles. The van der Waals surface area contributed by atoms with Crippen molar-refractivity contribution in [3.63, 3.8) is 0 Å². The predicted molar refractivity (Wildman–Crippen MR) is 44.3 cm³/mol. The van der Waals surface area contributed by atoms with E-state index in [1.54, 1.807) is 0 Å². The van der Waals surface area contributed by atoms with Crippen LogP contribution in [0.25, 0.3) is 0 Å². The number of aliphatic carboxylic acids is 1. The summed E-state index contributed by atoms with van der Waals surface area (Å²) in [6.07, 6.45) is 0. The summed E-state index contributed by atoms with van der Waals surface area (Å²) in [5.41, 5.74) is 0.559. The first-order chi connectivity index (χ1) is 6.59. The largest absolute Gasteiger partial charge is 0.548 e. The minimum Gasteiger partial charge on any atom is -0.548 e. The van der Waals surface area contributed by atoms with Gasteiger partial charge in [-0.1, -0.05) is 12.1 Å². The Balaban J connectivity index is 2.64. The fourth-order valence-corrected chi connectivity index (χ4v) is 0.898. The zero-order valence-corrected chi connectivity index (χ0v) is 7.15. The quantitative estimate of drug-likeness (QED) is 0.609. The van der Waals surface area contributed by atoms with Crippen molar-refractivity contribution >= 4 is 17.6 Å². The van der Waals surface area contributed by atoms with Crippen molar-refractivity contribution < 1.29 is 19.8 Å². The lowest BCUT2D eigenvalue weighted by molar-refractivity contribution is -0.302. The molecule has 0 aliphatic rings. The normalized spacial score (nSPS) is 9.43. The number of carboxylic acids is 2. The van der Waals surface area contributed by atoms with E-state index in [2.05, 4.69) is 5.32 Å². The molecule has 0 heterocycles. The Morgan fingerprint density at radius 1 is 1.14 bits per heavy atom. The second-order valence-corrected chi connectivity index (χ2v) is 2.59. The van der Waals surface area contributed by atoms with Crippen LogP contribution in [0.3, 0.4) is 0 Å². The van der Waals surface area contributed by atoms with Gasteiger partial charge in [0, 0.05) is 5.69 Å². The molecule has 0 aromatic heterocycles. The van der Waals surface area contributed by atoms with Crippen molar-refractivity contribution in [1.82, 2.24) is 0 Å².